The summed E-state index contributed by atoms with van der Waals surface area (Å²) in [4.78, 5) is 19.1. The molecule has 1 amide bonds. The summed E-state index contributed by atoms with van der Waals surface area (Å²) in [5.41, 5.74) is 2.55. The molecule has 0 bridgehead atoms. The first kappa shape index (κ1) is 21.1. The summed E-state index contributed by atoms with van der Waals surface area (Å²) in [5, 5.41) is 12.4. The van der Waals surface area contributed by atoms with Crippen LogP contribution in [-0.4, -0.2) is 28.2 Å². The van der Waals surface area contributed by atoms with Gasteiger partial charge in [-0.1, -0.05) is 54.2 Å². The fraction of sp³-hybridized carbons (Fsp3) is 0.174. The van der Waals surface area contributed by atoms with Gasteiger partial charge in [0.2, 0.25) is 11.1 Å². The number of aromatic amines is 1. The van der Waals surface area contributed by atoms with Crippen molar-refractivity contribution in [1.29, 1.82) is 0 Å². The molecule has 6 nitrogen and oxygen atoms in total. The number of ether oxygens (including phenoxy) is 1. The number of nitrogens with one attached hydrogen (secondary N) is 2. The summed E-state index contributed by atoms with van der Waals surface area (Å²) in [7, 11) is 1.59. The number of aromatic nitrogens is 3. The van der Waals surface area contributed by atoms with E-state index in [2.05, 4.69) is 26.6 Å². The molecule has 0 aliphatic heterocycles. The summed E-state index contributed by atoms with van der Waals surface area (Å²) < 4.78 is 5.41. The lowest BCUT2D eigenvalue weighted by atomic mass is 10.1. The van der Waals surface area contributed by atoms with Crippen LogP contribution in [0.2, 0.25) is 0 Å². The second-order valence-electron chi connectivity index (χ2n) is 6.92. The van der Waals surface area contributed by atoms with E-state index in [0.717, 1.165) is 17.0 Å². The number of nitrogens with zero attached hydrogens (tertiary/aromatic N) is 2. The summed E-state index contributed by atoms with van der Waals surface area (Å²) in [5.74, 6) is 1.23. The zero-order valence-electron chi connectivity index (χ0n) is 17.2. The third-order valence-corrected chi connectivity index (χ3v) is 6.60. The fourth-order valence-corrected chi connectivity index (χ4v) is 4.75. The minimum atomic E-state index is -0.517. The Hall–Kier alpha value is -3.10. The van der Waals surface area contributed by atoms with Gasteiger partial charge in [-0.15, -0.1) is 16.4 Å². The molecule has 4 aromatic rings. The first-order valence-corrected chi connectivity index (χ1v) is 11.5. The lowest BCUT2D eigenvalue weighted by Gasteiger charge is -2.17. The molecule has 1 unspecified atom stereocenters. The number of carbonyl (C=O) groups excluding carboxylic acids is 1. The number of benzene rings is 2. The SMILES string of the molecule is COc1ccc(C)cc1NC(=O)C(Sc1n[nH]c(Cc2cccs2)n1)c1ccccc1. The molecule has 2 aromatic carbocycles. The van der Waals surface area contributed by atoms with E-state index in [0.29, 0.717) is 23.0 Å². The van der Waals surface area contributed by atoms with Gasteiger partial charge >= 0.3 is 0 Å². The molecular formula is C23H22N4O2S2. The van der Waals surface area contributed by atoms with E-state index in [9.17, 15) is 4.79 Å². The number of thiophene rings is 1. The zero-order chi connectivity index (χ0) is 21.6. The van der Waals surface area contributed by atoms with Crippen LogP contribution in [0.5, 0.6) is 5.75 Å². The van der Waals surface area contributed by atoms with Gasteiger partial charge in [-0.2, -0.15) is 0 Å². The van der Waals surface area contributed by atoms with Gasteiger partial charge in [-0.3, -0.25) is 9.89 Å². The lowest BCUT2D eigenvalue weighted by molar-refractivity contribution is -0.115. The number of hydrogen-bond donors (Lipinski definition) is 2. The van der Waals surface area contributed by atoms with E-state index in [1.165, 1.54) is 16.6 Å². The zero-order valence-corrected chi connectivity index (χ0v) is 18.8. The first-order chi connectivity index (χ1) is 15.1. The first-order valence-electron chi connectivity index (χ1n) is 9.73. The van der Waals surface area contributed by atoms with Gasteiger partial charge in [0.1, 0.15) is 16.8 Å². The smallest absolute Gasteiger partial charge is 0.242 e. The van der Waals surface area contributed by atoms with Crippen LogP contribution in [0.3, 0.4) is 0 Å². The van der Waals surface area contributed by atoms with Crippen LogP contribution in [0.15, 0.2) is 71.2 Å². The van der Waals surface area contributed by atoms with Gasteiger partial charge in [0.25, 0.3) is 0 Å². The van der Waals surface area contributed by atoms with Crippen molar-refractivity contribution in [2.45, 2.75) is 23.8 Å². The minimum Gasteiger partial charge on any atom is -0.495 e. The second-order valence-corrected chi connectivity index (χ2v) is 9.03. The third-order valence-electron chi connectivity index (χ3n) is 4.61. The van der Waals surface area contributed by atoms with Crippen molar-refractivity contribution in [3.8, 4) is 5.75 Å². The normalized spacial score (nSPS) is 11.8. The third kappa shape index (κ3) is 5.34. The number of rotatable bonds is 8. The number of carbonyl (C=O) groups is 1. The van der Waals surface area contributed by atoms with E-state index in [1.54, 1.807) is 18.4 Å². The highest BCUT2D eigenvalue weighted by molar-refractivity contribution is 8.00. The van der Waals surface area contributed by atoms with Crippen LogP contribution >= 0.6 is 23.1 Å². The predicted octanol–water partition coefficient (Wildman–Crippen LogP) is 5.25. The maximum Gasteiger partial charge on any atom is 0.242 e. The maximum atomic E-state index is 13.3. The van der Waals surface area contributed by atoms with Gasteiger partial charge in [0, 0.05) is 11.3 Å². The molecule has 1 atom stereocenters. The molecule has 2 N–H and O–H groups in total. The summed E-state index contributed by atoms with van der Waals surface area (Å²) in [6.45, 7) is 1.97. The maximum absolute atomic E-state index is 13.3. The summed E-state index contributed by atoms with van der Waals surface area (Å²) in [6.07, 6.45) is 0.688. The van der Waals surface area contributed by atoms with E-state index in [1.807, 2.05) is 66.9 Å². The number of hydrogen-bond acceptors (Lipinski definition) is 6. The highest BCUT2D eigenvalue weighted by Gasteiger charge is 2.25. The lowest BCUT2D eigenvalue weighted by Crippen LogP contribution is -2.19. The Labute approximate surface area is 189 Å². The number of H-pyrrole nitrogens is 1. The Morgan fingerprint density at radius 1 is 1.19 bits per heavy atom. The minimum absolute atomic E-state index is 0.162. The molecule has 4 rings (SSSR count). The van der Waals surface area contributed by atoms with E-state index in [-0.39, 0.29) is 5.91 Å². The average molecular weight is 451 g/mol. The predicted molar refractivity (Wildman–Crippen MR) is 125 cm³/mol. The second kappa shape index (κ2) is 9.80. The molecule has 31 heavy (non-hydrogen) atoms. The summed E-state index contributed by atoms with van der Waals surface area (Å²) >= 11 is 3.00. The van der Waals surface area contributed by atoms with Gasteiger partial charge in [0.05, 0.1) is 12.8 Å². The van der Waals surface area contributed by atoms with E-state index >= 15 is 0 Å². The number of methoxy groups -OCH3 is 1. The van der Waals surface area contributed by atoms with Gasteiger partial charge in [-0.05, 0) is 41.6 Å². The molecule has 2 aromatic heterocycles. The Bertz CT molecular complexity index is 1140. The number of anilines is 1. The molecule has 158 valence electrons. The molecule has 0 spiro atoms. The van der Waals surface area contributed by atoms with Crippen molar-refractivity contribution in [2.24, 2.45) is 0 Å². The molecule has 0 fully saturated rings. The van der Waals surface area contributed by atoms with Crippen LogP contribution in [0.1, 0.15) is 27.1 Å². The van der Waals surface area contributed by atoms with Crippen molar-refractivity contribution in [2.75, 3.05) is 12.4 Å². The molecule has 0 saturated carbocycles. The molecule has 0 aliphatic carbocycles. The Morgan fingerprint density at radius 2 is 2.03 bits per heavy atom. The van der Waals surface area contributed by atoms with E-state index < -0.39 is 5.25 Å². The number of aryl methyl sites for hydroxylation is 1. The van der Waals surface area contributed by atoms with Crippen LogP contribution in [0, 0.1) is 6.92 Å². The monoisotopic (exact) mass is 450 g/mol. The summed E-state index contributed by atoms with van der Waals surface area (Å²) in [6, 6.07) is 19.4. The van der Waals surface area contributed by atoms with Gasteiger partial charge in [0.15, 0.2) is 0 Å². The van der Waals surface area contributed by atoms with Crippen LogP contribution in [0.25, 0.3) is 0 Å². The molecular weight excluding hydrogens is 428 g/mol. The molecule has 8 heteroatoms. The average Bonchev–Trinajstić information content (AvgIpc) is 3.45. The molecule has 0 radical (unpaired) electrons. The van der Waals surface area contributed by atoms with E-state index in [4.69, 9.17) is 4.74 Å². The topological polar surface area (TPSA) is 79.9 Å². The Kier molecular flexibility index (Phi) is 6.69. The number of thioether (sulfide) groups is 1. The quantitative estimate of drug-likeness (QED) is 0.359. The Balaban J connectivity index is 1.56. The van der Waals surface area contributed by atoms with Gasteiger partial charge in [-0.25, -0.2) is 4.98 Å². The Morgan fingerprint density at radius 3 is 2.77 bits per heavy atom. The fourth-order valence-electron chi connectivity index (χ4n) is 3.11. The highest BCUT2D eigenvalue weighted by Crippen LogP contribution is 2.36. The molecule has 0 saturated heterocycles. The molecule has 0 aliphatic rings. The largest absolute Gasteiger partial charge is 0.495 e. The highest BCUT2D eigenvalue weighted by atomic mass is 32.2. The number of amides is 1. The van der Waals surface area contributed by atoms with Crippen LogP contribution in [-0.2, 0) is 11.2 Å². The molecule has 2 heterocycles. The standard InChI is InChI=1S/C23H22N4O2S2/c1-15-10-11-19(29-2)18(13-15)24-22(28)21(16-7-4-3-5-8-16)31-23-25-20(26-27-23)14-17-9-6-12-30-17/h3-13,21H,14H2,1-2H3,(H,24,28)(H,25,26,27). The van der Waals surface area contributed by atoms with Crippen LogP contribution in [0.4, 0.5) is 5.69 Å². The van der Waals surface area contributed by atoms with Crippen molar-refractivity contribution in [3.05, 3.63) is 87.9 Å². The van der Waals surface area contributed by atoms with Crippen molar-refractivity contribution in [1.82, 2.24) is 15.2 Å². The van der Waals surface area contributed by atoms with Gasteiger partial charge < -0.3 is 10.1 Å². The van der Waals surface area contributed by atoms with Crippen LogP contribution < -0.4 is 10.1 Å². The van der Waals surface area contributed by atoms with Crippen molar-refractivity contribution < 1.29 is 9.53 Å². The van der Waals surface area contributed by atoms with Crippen molar-refractivity contribution >= 4 is 34.7 Å². The van der Waals surface area contributed by atoms with Crippen molar-refractivity contribution in [3.63, 3.8) is 0 Å².